The first-order valence-corrected chi connectivity index (χ1v) is 5.33. The van der Waals surface area contributed by atoms with E-state index < -0.39 is 30.3 Å². The van der Waals surface area contributed by atoms with E-state index in [0.717, 1.165) is 0 Å². The second-order valence-corrected chi connectivity index (χ2v) is 3.83. The van der Waals surface area contributed by atoms with E-state index in [1.54, 1.807) is 6.92 Å². The zero-order chi connectivity index (χ0) is 13.4. The van der Waals surface area contributed by atoms with E-state index in [-0.39, 0.29) is 5.92 Å². The third-order valence-electron chi connectivity index (χ3n) is 2.28. The number of carboxylic acid groups (broad SMARTS) is 2. The van der Waals surface area contributed by atoms with Crippen molar-refractivity contribution in [1.29, 1.82) is 0 Å². The summed E-state index contributed by atoms with van der Waals surface area (Å²) in [6, 6.07) is -1.39. The van der Waals surface area contributed by atoms with Crippen molar-refractivity contribution in [3.63, 3.8) is 0 Å². The maximum Gasteiger partial charge on any atom is 0.326 e. The number of hydrogen-bond donors (Lipinski definition) is 4. The number of aliphatic carboxylic acids is 2. The summed E-state index contributed by atoms with van der Waals surface area (Å²) in [7, 11) is 0. The fraction of sp³-hybridized carbons (Fsp3) is 0.700. The van der Waals surface area contributed by atoms with Crippen LogP contribution in [0.25, 0.3) is 0 Å². The molecule has 0 aromatic carbocycles. The van der Waals surface area contributed by atoms with E-state index in [1.165, 1.54) is 0 Å². The number of hydrogen-bond acceptors (Lipinski definition) is 4. The summed E-state index contributed by atoms with van der Waals surface area (Å²) in [6.07, 6.45) is 0.567. The van der Waals surface area contributed by atoms with Crippen LogP contribution in [-0.2, 0) is 14.4 Å². The number of amides is 1. The minimum atomic E-state index is -1.39. The lowest BCUT2D eigenvalue weighted by molar-refractivity contribution is -0.147. The Kier molecular flexibility index (Phi) is 6.88. The highest BCUT2D eigenvalue weighted by molar-refractivity contribution is 5.87. The van der Waals surface area contributed by atoms with Crippen LogP contribution in [-0.4, -0.2) is 40.6 Å². The first-order valence-electron chi connectivity index (χ1n) is 5.33. The van der Waals surface area contributed by atoms with Crippen LogP contribution in [0, 0.1) is 5.92 Å². The van der Waals surface area contributed by atoms with Gasteiger partial charge in [-0.15, -0.1) is 0 Å². The van der Waals surface area contributed by atoms with Gasteiger partial charge < -0.3 is 21.3 Å². The Morgan fingerprint density at radius 1 is 1.29 bits per heavy atom. The van der Waals surface area contributed by atoms with Crippen LogP contribution in [0.3, 0.4) is 0 Å². The molecule has 0 aromatic rings. The van der Waals surface area contributed by atoms with Gasteiger partial charge in [-0.3, -0.25) is 9.59 Å². The number of carbonyl (C=O) groups is 3. The third kappa shape index (κ3) is 6.52. The van der Waals surface area contributed by atoms with Crippen molar-refractivity contribution >= 4 is 17.8 Å². The molecule has 0 aliphatic heterocycles. The topological polar surface area (TPSA) is 130 Å². The molecule has 0 fully saturated rings. The second kappa shape index (κ2) is 7.61. The van der Waals surface area contributed by atoms with Crippen molar-refractivity contribution in [1.82, 2.24) is 5.32 Å². The number of rotatable bonds is 8. The SMILES string of the molecule is C[C@@H](CCCN)C(=O)N[C@@H](CC(=O)O)C(=O)O. The van der Waals surface area contributed by atoms with Crippen molar-refractivity contribution < 1.29 is 24.6 Å². The highest BCUT2D eigenvalue weighted by Gasteiger charge is 2.24. The molecule has 17 heavy (non-hydrogen) atoms. The Hall–Kier alpha value is -1.63. The van der Waals surface area contributed by atoms with Crippen molar-refractivity contribution in [2.75, 3.05) is 6.54 Å². The number of carbonyl (C=O) groups excluding carboxylic acids is 1. The van der Waals surface area contributed by atoms with Crippen LogP contribution in [0.2, 0.25) is 0 Å². The van der Waals surface area contributed by atoms with Crippen LogP contribution < -0.4 is 11.1 Å². The maximum absolute atomic E-state index is 11.5. The molecule has 2 atom stereocenters. The summed E-state index contributed by atoms with van der Waals surface area (Å²) >= 11 is 0. The summed E-state index contributed by atoms with van der Waals surface area (Å²) < 4.78 is 0. The molecule has 0 spiro atoms. The van der Waals surface area contributed by atoms with Crippen molar-refractivity contribution in [2.45, 2.75) is 32.2 Å². The normalized spacial score (nSPS) is 13.8. The molecule has 0 bridgehead atoms. The molecule has 7 heteroatoms. The molecular weight excluding hydrogens is 228 g/mol. The predicted octanol–water partition coefficient (Wildman–Crippen LogP) is -0.594. The van der Waals surface area contributed by atoms with E-state index in [4.69, 9.17) is 15.9 Å². The average Bonchev–Trinajstić information content (AvgIpc) is 2.23. The number of carboxylic acids is 2. The van der Waals surface area contributed by atoms with Gasteiger partial charge in [0.05, 0.1) is 6.42 Å². The summed E-state index contributed by atoms with van der Waals surface area (Å²) in [5.74, 6) is -3.47. The average molecular weight is 246 g/mol. The lowest BCUT2D eigenvalue weighted by atomic mass is 10.0. The first-order chi connectivity index (χ1) is 7.88. The van der Waals surface area contributed by atoms with Crippen molar-refractivity contribution in [3.8, 4) is 0 Å². The highest BCUT2D eigenvalue weighted by atomic mass is 16.4. The van der Waals surface area contributed by atoms with E-state index in [9.17, 15) is 14.4 Å². The van der Waals surface area contributed by atoms with E-state index in [2.05, 4.69) is 5.32 Å². The molecule has 0 heterocycles. The Bertz CT molecular complexity index is 292. The predicted molar refractivity (Wildman–Crippen MR) is 59.3 cm³/mol. The van der Waals surface area contributed by atoms with Crippen LogP contribution in [0.5, 0.6) is 0 Å². The van der Waals surface area contributed by atoms with Crippen LogP contribution >= 0.6 is 0 Å². The summed E-state index contributed by atoms with van der Waals surface area (Å²) in [5.41, 5.74) is 5.29. The van der Waals surface area contributed by atoms with Gasteiger partial charge in [-0.2, -0.15) is 0 Å². The summed E-state index contributed by atoms with van der Waals surface area (Å²) in [4.78, 5) is 32.7. The molecule has 5 N–H and O–H groups in total. The Balaban J connectivity index is 4.29. The van der Waals surface area contributed by atoms with Crippen LogP contribution in [0.15, 0.2) is 0 Å². The standard InChI is InChI=1S/C10H18N2O5/c1-6(3-2-4-11)9(15)12-7(10(16)17)5-8(13)14/h6-7H,2-5,11H2,1H3,(H,12,15)(H,13,14)(H,16,17)/t6-,7-/m0/s1. The van der Waals surface area contributed by atoms with E-state index >= 15 is 0 Å². The molecule has 7 nitrogen and oxygen atoms in total. The van der Waals surface area contributed by atoms with Crippen molar-refractivity contribution in [2.24, 2.45) is 11.7 Å². The largest absolute Gasteiger partial charge is 0.481 e. The molecule has 0 rings (SSSR count). The molecule has 0 unspecified atom stereocenters. The van der Waals surface area contributed by atoms with E-state index in [1.807, 2.05) is 0 Å². The first kappa shape index (κ1) is 15.4. The third-order valence-corrected chi connectivity index (χ3v) is 2.28. The van der Waals surface area contributed by atoms with Gasteiger partial charge in [0.15, 0.2) is 0 Å². The molecule has 0 aliphatic carbocycles. The maximum atomic E-state index is 11.5. The van der Waals surface area contributed by atoms with Gasteiger partial charge >= 0.3 is 11.9 Å². The fourth-order valence-electron chi connectivity index (χ4n) is 1.24. The smallest absolute Gasteiger partial charge is 0.326 e. The fourth-order valence-corrected chi connectivity index (χ4v) is 1.24. The van der Waals surface area contributed by atoms with Crippen molar-refractivity contribution in [3.05, 3.63) is 0 Å². The molecule has 0 radical (unpaired) electrons. The monoisotopic (exact) mass is 246 g/mol. The van der Waals surface area contributed by atoms with Gasteiger partial charge in [0.2, 0.25) is 5.91 Å². The zero-order valence-electron chi connectivity index (χ0n) is 9.68. The molecule has 0 aliphatic rings. The van der Waals surface area contributed by atoms with Gasteiger partial charge in [-0.1, -0.05) is 6.92 Å². The highest BCUT2D eigenvalue weighted by Crippen LogP contribution is 2.06. The van der Waals surface area contributed by atoms with Gasteiger partial charge in [0.25, 0.3) is 0 Å². The minimum absolute atomic E-state index is 0.380. The summed E-state index contributed by atoms with van der Waals surface area (Å²) in [5, 5.41) is 19.4. The molecule has 0 saturated heterocycles. The Morgan fingerprint density at radius 2 is 1.88 bits per heavy atom. The van der Waals surface area contributed by atoms with Crippen LogP contribution in [0.4, 0.5) is 0 Å². The number of nitrogens with two attached hydrogens (primary N) is 1. The molecule has 0 aromatic heterocycles. The minimum Gasteiger partial charge on any atom is -0.481 e. The summed E-state index contributed by atoms with van der Waals surface area (Å²) in [6.45, 7) is 2.10. The second-order valence-electron chi connectivity index (χ2n) is 3.83. The van der Waals surface area contributed by atoms with Gasteiger partial charge in [-0.25, -0.2) is 4.79 Å². The van der Waals surface area contributed by atoms with Gasteiger partial charge in [0.1, 0.15) is 6.04 Å². The zero-order valence-corrected chi connectivity index (χ0v) is 9.68. The van der Waals surface area contributed by atoms with Gasteiger partial charge in [-0.05, 0) is 19.4 Å². The van der Waals surface area contributed by atoms with Gasteiger partial charge in [0, 0.05) is 5.92 Å². The lowest BCUT2D eigenvalue weighted by Crippen LogP contribution is -2.44. The quantitative estimate of drug-likeness (QED) is 0.452. The Morgan fingerprint density at radius 3 is 2.29 bits per heavy atom. The Labute approximate surface area is 99.0 Å². The molecule has 98 valence electrons. The lowest BCUT2D eigenvalue weighted by Gasteiger charge is -2.16. The molecule has 1 amide bonds. The van der Waals surface area contributed by atoms with E-state index in [0.29, 0.717) is 19.4 Å². The molecular formula is C10H18N2O5. The number of nitrogens with one attached hydrogen (secondary N) is 1. The molecule has 0 saturated carbocycles. The van der Waals surface area contributed by atoms with Crippen LogP contribution in [0.1, 0.15) is 26.2 Å².